The van der Waals surface area contributed by atoms with Crippen molar-refractivity contribution in [1.82, 2.24) is 9.55 Å². The molecule has 0 spiro atoms. The summed E-state index contributed by atoms with van der Waals surface area (Å²) in [6.45, 7) is 0. The van der Waals surface area contributed by atoms with Crippen molar-refractivity contribution >= 4 is 0 Å². The fourth-order valence-corrected chi connectivity index (χ4v) is 1.69. The minimum Gasteiger partial charge on any atom is -0.386 e. The highest BCUT2D eigenvalue weighted by Crippen LogP contribution is 2.19. The van der Waals surface area contributed by atoms with Gasteiger partial charge < -0.3 is 9.67 Å². The van der Waals surface area contributed by atoms with E-state index in [2.05, 4.69) is 4.98 Å². The van der Waals surface area contributed by atoms with E-state index in [0.717, 1.165) is 6.07 Å². The van der Waals surface area contributed by atoms with Crippen molar-refractivity contribution in [2.24, 2.45) is 7.05 Å². The van der Waals surface area contributed by atoms with Crippen molar-refractivity contribution in [2.75, 3.05) is 0 Å². The number of rotatable bonds is 3. The molecule has 2 aromatic rings. The minimum atomic E-state index is -0.859. The summed E-state index contributed by atoms with van der Waals surface area (Å²) < 4.78 is 27.7. The molecule has 1 unspecified atom stereocenters. The summed E-state index contributed by atoms with van der Waals surface area (Å²) in [6, 6.07) is 3.32. The first-order valence-electron chi connectivity index (χ1n) is 5.16. The maximum atomic E-state index is 13.4. The third kappa shape index (κ3) is 2.50. The Kier molecular flexibility index (Phi) is 3.19. The Hall–Kier alpha value is -1.75. The van der Waals surface area contributed by atoms with Crippen molar-refractivity contribution in [3.05, 3.63) is 53.6 Å². The number of halogens is 2. The van der Waals surface area contributed by atoms with E-state index >= 15 is 0 Å². The quantitative estimate of drug-likeness (QED) is 0.887. The number of aliphatic hydroxyl groups excluding tert-OH is 1. The van der Waals surface area contributed by atoms with Gasteiger partial charge in [-0.05, 0) is 11.6 Å². The Bertz CT molecular complexity index is 525. The summed E-state index contributed by atoms with van der Waals surface area (Å²) in [6.07, 6.45) is 2.31. The Morgan fingerprint density at radius 3 is 2.76 bits per heavy atom. The van der Waals surface area contributed by atoms with Crippen molar-refractivity contribution < 1.29 is 13.9 Å². The molecule has 0 fully saturated rings. The van der Waals surface area contributed by atoms with Gasteiger partial charge in [0, 0.05) is 19.5 Å². The summed E-state index contributed by atoms with van der Waals surface area (Å²) in [5.74, 6) is -1.27. The predicted molar refractivity (Wildman–Crippen MR) is 58.2 cm³/mol. The van der Waals surface area contributed by atoms with Crippen LogP contribution in [0.15, 0.2) is 30.7 Å². The summed E-state index contributed by atoms with van der Waals surface area (Å²) in [4.78, 5) is 3.87. The number of hydrogen-bond acceptors (Lipinski definition) is 2. The van der Waals surface area contributed by atoms with Gasteiger partial charge in [0.15, 0.2) is 0 Å². The Labute approximate surface area is 97.3 Å². The topological polar surface area (TPSA) is 38.0 Å². The average Bonchev–Trinajstić information content (AvgIpc) is 2.68. The zero-order chi connectivity index (χ0) is 12.4. The second-order valence-electron chi connectivity index (χ2n) is 3.89. The van der Waals surface area contributed by atoms with E-state index in [1.165, 1.54) is 18.3 Å². The lowest BCUT2D eigenvalue weighted by atomic mass is 10.1. The van der Waals surface area contributed by atoms with Crippen LogP contribution in [-0.4, -0.2) is 14.7 Å². The molecule has 5 heteroatoms. The smallest absolute Gasteiger partial charge is 0.129 e. The molecule has 1 aromatic carbocycles. The second kappa shape index (κ2) is 4.63. The number of hydrogen-bond donors (Lipinski definition) is 1. The maximum Gasteiger partial charge on any atom is 0.129 e. The second-order valence-corrected chi connectivity index (χ2v) is 3.89. The number of nitrogens with zero attached hydrogens (tertiary/aromatic N) is 2. The molecular formula is C12H12F2N2O. The highest BCUT2D eigenvalue weighted by molar-refractivity contribution is 5.20. The third-order valence-electron chi connectivity index (χ3n) is 2.62. The van der Waals surface area contributed by atoms with Crippen LogP contribution in [0.3, 0.4) is 0 Å². The number of aryl methyl sites for hydroxylation is 1. The Morgan fingerprint density at radius 2 is 2.18 bits per heavy atom. The zero-order valence-electron chi connectivity index (χ0n) is 9.27. The van der Waals surface area contributed by atoms with Gasteiger partial charge in [0.25, 0.3) is 0 Å². The molecule has 1 heterocycles. The van der Waals surface area contributed by atoms with Gasteiger partial charge in [-0.15, -0.1) is 0 Å². The van der Waals surface area contributed by atoms with Crippen LogP contribution in [0, 0.1) is 11.6 Å². The lowest BCUT2D eigenvalue weighted by Crippen LogP contribution is -2.07. The van der Waals surface area contributed by atoms with Gasteiger partial charge in [0.2, 0.25) is 0 Å². The molecular weight excluding hydrogens is 226 g/mol. The van der Waals surface area contributed by atoms with E-state index in [0.29, 0.717) is 5.69 Å². The van der Waals surface area contributed by atoms with Crippen molar-refractivity contribution in [1.29, 1.82) is 0 Å². The summed E-state index contributed by atoms with van der Waals surface area (Å²) >= 11 is 0. The van der Waals surface area contributed by atoms with Gasteiger partial charge in [-0.25, -0.2) is 13.8 Å². The molecule has 1 N–H and O–H groups in total. The molecule has 2 rings (SSSR count). The monoisotopic (exact) mass is 238 g/mol. The van der Waals surface area contributed by atoms with Gasteiger partial charge in [-0.1, -0.05) is 6.07 Å². The van der Waals surface area contributed by atoms with E-state index in [-0.39, 0.29) is 12.0 Å². The molecule has 0 bridgehead atoms. The van der Waals surface area contributed by atoms with Crippen LogP contribution >= 0.6 is 0 Å². The minimum absolute atomic E-state index is 0.0889. The average molecular weight is 238 g/mol. The van der Waals surface area contributed by atoms with E-state index < -0.39 is 17.7 Å². The predicted octanol–water partition coefficient (Wildman–Crippen LogP) is 1.97. The van der Waals surface area contributed by atoms with Crippen LogP contribution in [0.25, 0.3) is 0 Å². The summed E-state index contributed by atoms with van der Waals surface area (Å²) in [5, 5.41) is 9.92. The van der Waals surface area contributed by atoms with Gasteiger partial charge in [0.1, 0.15) is 11.6 Å². The van der Waals surface area contributed by atoms with Gasteiger partial charge in [0.05, 0.1) is 24.3 Å². The first kappa shape index (κ1) is 11.7. The van der Waals surface area contributed by atoms with Crippen LogP contribution in [-0.2, 0) is 13.5 Å². The van der Waals surface area contributed by atoms with Crippen LogP contribution < -0.4 is 0 Å². The highest BCUT2D eigenvalue weighted by Gasteiger charge is 2.14. The van der Waals surface area contributed by atoms with Gasteiger partial charge in [-0.3, -0.25) is 0 Å². The van der Waals surface area contributed by atoms with E-state index in [9.17, 15) is 13.9 Å². The molecule has 0 aliphatic carbocycles. The summed E-state index contributed by atoms with van der Waals surface area (Å²) in [7, 11) is 1.74. The Morgan fingerprint density at radius 1 is 1.41 bits per heavy atom. The number of benzene rings is 1. The Balaban J connectivity index is 2.19. The van der Waals surface area contributed by atoms with E-state index in [1.54, 1.807) is 17.9 Å². The number of aromatic nitrogens is 2. The fraction of sp³-hybridized carbons (Fsp3) is 0.250. The SMILES string of the molecule is Cn1cncc1C(O)Cc1ccc(F)cc1F. The molecule has 0 saturated carbocycles. The zero-order valence-corrected chi connectivity index (χ0v) is 9.27. The van der Waals surface area contributed by atoms with Crippen molar-refractivity contribution in [2.45, 2.75) is 12.5 Å². The lowest BCUT2D eigenvalue weighted by Gasteiger charge is -2.11. The highest BCUT2D eigenvalue weighted by atomic mass is 19.1. The third-order valence-corrected chi connectivity index (χ3v) is 2.62. The van der Waals surface area contributed by atoms with Crippen LogP contribution in [0.2, 0.25) is 0 Å². The molecule has 0 amide bonds. The molecule has 0 saturated heterocycles. The van der Waals surface area contributed by atoms with Crippen molar-refractivity contribution in [3.63, 3.8) is 0 Å². The normalized spacial score (nSPS) is 12.7. The largest absolute Gasteiger partial charge is 0.386 e. The fourth-order valence-electron chi connectivity index (χ4n) is 1.69. The number of aliphatic hydroxyl groups is 1. The molecule has 0 radical (unpaired) electrons. The first-order valence-corrected chi connectivity index (χ1v) is 5.16. The molecule has 3 nitrogen and oxygen atoms in total. The van der Waals surface area contributed by atoms with E-state index in [4.69, 9.17) is 0 Å². The van der Waals surface area contributed by atoms with Crippen molar-refractivity contribution in [3.8, 4) is 0 Å². The van der Waals surface area contributed by atoms with E-state index in [1.807, 2.05) is 0 Å². The molecule has 1 aromatic heterocycles. The van der Waals surface area contributed by atoms with Crippen LogP contribution in [0.1, 0.15) is 17.4 Å². The number of imidazole rings is 1. The lowest BCUT2D eigenvalue weighted by molar-refractivity contribution is 0.168. The summed E-state index contributed by atoms with van der Waals surface area (Å²) in [5.41, 5.74) is 0.869. The molecule has 1 atom stereocenters. The van der Waals surface area contributed by atoms with Crippen LogP contribution in [0.5, 0.6) is 0 Å². The molecule has 0 aliphatic rings. The maximum absolute atomic E-state index is 13.4. The standard InChI is InChI=1S/C12H12F2N2O/c1-16-7-15-6-11(16)12(17)4-8-2-3-9(13)5-10(8)14/h2-3,5-7,12,17H,4H2,1H3. The molecule has 90 valence electrons. The first-order chi connectivity index (χ1) is 8.08. The molecule has 0 aliphatic heterocycles. The van der Waals surface area contributed by atoms with Gasteiger partial charge in [-0.2, -0.15) is 0 Å². The molecule has 17 heavy (non-hydrogen) atoms. The van der Waals surface area contributed by atoms with Gasteiger partial charge >= 0.3 is 0 Å². The van der Waals surface area contributed by atoms with Crippen LogP contribution in [0.4, 0.5) is 8.78 Å².